The number of aryl methyl sites for hydroxylation is 1. The van der Waals surface area contributed by atoms with Gasteiger partial charge in [0.15, 0.2) is 0 Å². The lowest BCUT2D eigenvalue weighted by molar-refractivity contribution is 0.0935. The van der Waals surface area contributed by atoms with Crippen LogP contribution in [0.4, 0.5) is 0 Å². The standard InChI is InChI=1S/C15H17N5O/c1-11-16-15(14-6-2-3-7-20(11)14)13-10-19(18-17-13)9-12-5-4-8-21-12/h2-3,6-7,10,12H,4-5,8-9H2,1H3/t12-/m0/s1. The van der Waals surface area contributed by atoms with Gasteiger partial charge in [-0.15, -0.1) is 5.10 Å². The summed E-state index contributed by atoms with van der Waals surface area (Å²) in [5.41, 5.74) is 2.75. The molecule has 0 aliphatic carbocycles. The number of fused-ring (bicyclic) bond motifs is 1. The van der Waals surface area contributed by atoms with Crippen LogP contribution >= 0.6 is 0 Å². The minimum Gasteiger partial charge on any atom is -0.376 e. The SMILES string of the molecule is Cc1nc(-c2cn(C[C@@H]3CCCO3)nn2)c2ccccn12. The van der Waals surface area contributed by atoms with Crippen molar-refractivity contribution >= 4 is 5.52 Å². The third kappa shape index (κ3) is 2.21. The van der Waals surface area contributed by atoms with E-state index in [2.05, 4.69) is 25.8 Å². The first kappa shape index (κ1) is 12.5. The molecule has 1 aliphatic rings. The van der Waals surface area contributed by atoms with E-state index in [0.29, 0.717) is 0 Å². The molecule has 4 rings (SSSR count). The lowest BCUT2D eigenvalue weighted by Crippen LogP contribution is -2.15. The Morgan fingerprint density at radius 2 is 2.33 bits per heavy atom. The zero-order valence-electron chi connectivity index (χ0n) is 11.9. The highest BCUT2D eigenvalue weighted by Gasteiger charge is 2.18. The molecule has 21 heavy (non-hydrogen) atoms. The van der Waals surface area contributed by atoms with E-state index < -0.39 is 0 Å². The number of imidazole rings is 1. The monoisotopic (exact) mass is 283 g/mol. The average molecular weight is 283 g/mol. The second kappa shape index (κ2) is 4.96. The first-order valence-electron chi connectivity index (χ1n) is 7.27. The van der Waals surface area contributed by atoms with Gasteiger partial charge < -0.3 is 9.14 Å². The van der Waals surface area contributed by atoms with Crippen molar-refractivity contribution in [2.45, 2.75) is 32.4 Å². The van der Waals surface area contributed by atoms with E-state index in [9.17, 15) is 0 Å². The third-order valence-electron chi connectivity index (χ3n) is 3.92. The molecule has 0 unspecified atom stereocenters. The lowest BCUT2D eigenvalue weighted by atomic mass is 10.2. The topological polar surface area (TPSA) is 57.2 Å². The molecule has 3 aromatic rings. The molecule has 6 heteroatoms. The van der Waals surface area contributed by atoms with Crippen LogP contribution in [0.15, 0.2) is 30.6 Å². The molecule has 1 fully saturated rings. The highest BCUT2D eigenvalue weighted by molar-refractivity contribution is 5.74. The van der Waals surface area contributed by atoms with Crippen molar-refractivity contribution < 1.29 is 4.74 Å². The zero-order valence-corrected chi connectivity index (χ0v) is 11.9. The number of hydrogen-bond acceptors (Lipinski definition) is 4. The molecule has 6 nitrogen and oxygen atoms in total. The molecule has 0 bridgehead atoms. The summed E-state index contributed by atoms with van der Waals surface area (Å²) >= 11 is 0. The van der Waals surface area contributed by atoms with Crippen LogP contribution in [-0.4, -0.2) is 37.1 Å². The highest BCUT2D eigenvalue weighted by atomic mass is 16.5. The van der Waals surface area contributed by atoms with Crippen molar-refractivity contribution in [3.63, 3.8) is 0 Å². The maximum absolute atomic E-state index is 5.64. The molecule has 1 aliphatic heterocycles. The van der Waals surface area contributed by atoms with E-state index in [1.54, 1.807) is 0 Å². The predicted molar refractivity (Wildman–Crippen MR) is 77.9 cm³/mol. The zero-order chi connectivity index (χ0) is 14.2. The molecule has 0 amide bonds. The smallest absolute Gasteiger partial charge is 0.133 e. The number of rotatable bonds is 3. The van der Waals surface area contributed by atoms with Crippen LogP contribution in [0.5, 0.6) is 0 Å². The number of nitrogens with zero attached hydrogens (tertiary/aromatic N) is 5. The summed E-state index contributed by atoms with van der Waals surface area (Å²) in [5.74, 6) is 0.953. The summed E-state index contributed by atoms with van der Waals surface area (Å²) in [6.07, 6.45) is 6.47. The van der Waals surface area contributed by atoms with E-state index in [1.807, 2.05) is 36.1 Å². The fourth-order valence-electron chi connectivity index (χ4n) is 2.87. The van der Waals surface area contributed by atoms with E-state index in [-0.39, 0.29) is 6.10 Å². The highest BCUT2D eigenvalue weighted by Crippen LogP contribution is 2.23. The van der Waals surface area contributed by atoms with Crippen molar-refractivity contribution in [1.82, 2.24) is 24.4 Å². The Kier molecular flexibility index (Phi) is 2.96. The Hall–Kier alpha value is -2.21. The molecule has 1 atom stereocenters. The number of hydrogen-bond donors (Lipinski definition) is 0. The van der Waals surface area contributed by atoms with Gasteiger partial charge in [-0.2, -0.15) is 0 Å². The average Bonchev–Trinajstić information content (AvgIpc) is 3.21. The fraction of sp³-hybridized carbons (Fsp3) is 0.400. The van der Waals surface area contributed by atoms with Crippen molar-refractivity contribution in [3.8, 4) is 11.4 Å². The van der Waals surface area contributed by atoms with Crippen molar-refractivity contribution in [3.05, 3.63) is 36.4 Å². The Morgan fingerprint density at radius 3 is 3.19 bits per heavy atom. The Labute approximate surface area is 122 Å². The molecular weight excluding hydrogens is 266 g/mol. The van der Waals surface area contributed by atoms with Crippen LogP contribution in [-0.2, 0) is 11.3 Å². The second-order valence-electron chi connectivity index (χ2n) is 5.42. The third-order valence-corrected chi connectivity index (χ3v) is 3.92. The molecule has 4 heterocycles. The molecule has 0 aromatic carbocycles. The van der Waals surface area contributed by atoms with Crippen molar-refractivity contribution in [2.75, 3.05) is 6.61 Å². The maximum Gasteiger partial charge on any atom is 0.133 e. The number of ether oxygens (including phenoxy) is 1. The molecular formula is C15H17N5O. The molecule has 0 spiro atoms. The molecule has 0 radical (unpaired) electrons. The van der Waals surface area contributed by atoms with Crippen molar-refractivity contribution in [1.29, 1.82) is 0 Å². The summed E-state index contributed by atoms with van der Waals surface area (Å²) < 4.78 is 9.56. The van der Waals surface area contributed by atoms with Crippen LogP contribution in [0.2, 0.25) is 0 Å². The quantitative estimate of drug-likeness (QED) is 0.738. The van der Waals surface area contributed by atoms with Gasteiger partial charge in [0, 0.05) is 12.8 Å². The molecule has 0 saturated carbocycles. The summed E-state index contributed by atoms with van der Waals surface area (Å²) in [5, 5.41) is 8.48. The lowest BCUT2D eigenvalue weighted by Gasteiger charge is -2.07. The van der Waals surface area contributed by atoms with Gasteiger partial charge in [0.1, 0.15) is 17.2 Å². The number of pyridine rings is 1. The number of aromatic nitrogens is 5. The van der Waals surface area contributed by atoms with Gasteiger partial charge in [0.25, 0.3) is 0 Å². The second-order valence-corrected chi connectivity index (χ2v) is 5.42. The van der Waals surface area contributed by atoms with Crippen LogP contribution in [0.25, 0.3) is 16.9 Å². The van der Waals surface area contributed by atoms with Gasteiger partial charge in [-0.3, -0.25) is 0 Å². The summed E-state index contributed by atoms with van der Waals surface area (Å²) in [4.78, 5) is 4.62. The minimum atomic E-state index is 0.264. The first-order valence-corrected chi connectivity index (χ1v) is 7.27. The van der Waals surface area contributed by atoms with E-state index in [1.165, 1.54) is 0 Å². The maximum atomic E-state index is 5.64. The van der Waals surface area contributed by atoms with E-state index in [4.69, 9.17) is 4.74 Å². The summed E-state index contributed by atoms with van der Waals surface area (Å²) in [6.45, 7) is 3.61. The van der Waals surface area contributed by atoms with Crippen LogP contribution in [0.1, 0.15) is 18.7 Å². The van der Waals surface area contributed by atoms with Gasteiger partial charge in [0.05, 0.1) is 24.4 Å². The van der Waals surface area contributed by atoms with Gasteiger partial charge in [-0.1, -0.05) is 11.3 Å². The summed E-state index contributed by atoms with van der Waals surface area (Å²) in [6, 6.07) is 6.06. The van der Waals surface area contributed by atoms with Crippen molar-refractivity contribution in [2.24, 2.45) is 0 Å². The van der Waals surface area contributed by atoms with Gasteiger partial charge in [-0.25, -0.2) is 9.67 Å². The van der Waals surface area contributed by atoms with E-state index >= 15 is 0 Å². The summed E-state index contributed by atoms with van der Waals surface area (Å²) in [7, 11) is 0. The first-order chi connectivity index (χ1) is 10.3. The fourth-order valence-corrected chi connectivity index (χ4v) is 2.87. The largest absolute Gasteiger partial charge is 0.376 e. The molecule has 1 saturated heterocycles. The van der Waals surface area contributed by atoms with Gasteiger partial charge >= 0.3 is 0 Å². The Balaban J connectivity index is 1.67. The Bertz CT molecular complexity index is 769. The van der Waals surface area contributed by atoms with Crippen LogP contribution < -0.4 is 0 Å². The predicted octanol–water partition coefficient (Wildman–Crippen LogP) is 2.08. The van der Waals surface area contributed by atoms with Crippen LogP contribution in [0.3, 0.4) is 0 Å². The van der Waals surface area contributed by atoms with Gasteiger partial charge in [-0.05, 0) is 31.9 Å². The molecule has 0 N–H and O–H groups in total. The minimum absolute atomic E-state index is 0.264. The molecule has 3 aromatic heterocycles. The van der Waals surface area contributed by atoms with Gasteiger partial charge in [0.2, 0.25) is 0 Å². The Morgan fingerprint density at radius 1 is 1.38 bits per heavy atom. The molecule has 108 valence electrons. The normalized spacial score (nSPS) is 18.6. The van der Waals surface area contributed by atoms with Crippen LogP contribution in [0, 0.1) is 6.92 Å². The van der Waals surface area contributed by atoms with E-state index in [0.717, 1.165) is 48.7 Å².